The predicted molar refractivity (Wildman–Crippen MR) is 69.2 cm³/mol. The molecule has 2 heterocycles. The van der Waals surface area contributed by atoms with Crippen molar-refractivity contribution < 1.29 is 9.53 Å². The second kappa shape index (κ2) is 5.58. The number of carbonyl (C=O) groups is 1. The molecule has 0 aromatic carbocycles. The molecule has 18 heavy (non-hydrogen) atoms. The Bertz CT molecular complexity index is 440. The number of aromatic amines is 2. The van der Waals surface area contributed by atoms with Crippen molar-refractivity contribution in [3.8, 4) is 0 Å². The Hall–Kier alpha value is -1.97. The fourth-order valence-corrected chi connectivity index (χ4v) is 2.32. The minimum Gasteiger partial charge on any atom is -0.469 e. The third-order valence-electron chi connectivity index (χ3n) is 3.20. The molecule has 4 nitrogen and oxygen atoms in total. The number of ether oxygens (including phenoxy) is 1. The summed E-state index contributed by atoms with van der Waals surface area (Å²) < 4.78 is 4.75. The van der Waals surface area contributed by atoms with Crippen LogP contribution >= 0.6 is 0 Å². The van der Waals surface area contributed by atoms with Crippen molar-refractivity contribution in [3.05, 3.63) is 48.0 Å². The van der Waals surface area contributed by atoms with Gasteiger partial charge in [-0.2, -0.15) is 0 Å². The van der Waals surface area contributed by atoms with Crippen molar-refractivity contribution in [3.63, 3.8) is 0 Å². The van der Waals surface area contributed by atoms with Gasteiger partial charge in [0.1, 0.15) is 0 Å². The van der Waals surface area contributed by atoms with E-state index in [1.165, 1.54) is 7.11 Å². The Morgan fingerprint density at radius 3 is 2.17 bits per heavy atom. The Labute approximate surface area is 106 Å². The molecule has 0 bridgehead atoms. The van der Waals surface area contributed by atoms with E-state index >= 15 is 0 Å². The minimum absolute atomic E-state index is 0.147. The Morgan fingerprint density at radius 1 is 1.22 bits per heavy atom. The predicted octanol–water partition coefficient (Wildman–Crippen LogP) is 2.67. The van der Waals surface area contributed by atoms with Crippen LogP contribution in [0.25, 0.3) is 0 Å². The third-order valence-corrected chi connectivity index (χ3v) is 3.20. The molecule has 0 saturated carbocycles. The van der Waals surface area contributed by atoms with E-state index in [4.69, 9.17) is 4.74 Å². The topological polar surface area (TPSA) is 57.9 Å². The van der Waals surface area contributed by atoms with Gasteiger partial charge in [0.2, 0.25) is 0 Å². The maximum absolute atomic E-state index is 11.4. The van der Waals surface area contributed by atoms with Crippen molar-refractivity contribution in [2.75, 3.05) is 7.11 Å². The van der Waals surface area contributed by atoms with Crippen LogP contribution in [-0.4, -0.2) is 23.0 Å². The monoisotopic (exact) mass is 246 g/mol. The molecule has 0 saturated heterocycles. The molecule has 0 spiro atoms. The van der Waals surface area contributed by atoms with Gasteiger partial charge in [-0.1, -0.05) is 6.92 Å². The van der Waals surface area contributed by atoms with Gasteiger partial charge in [0.05, 0.1) is 7.11 Å². The van der Waals surface area contributed by atoms with Gasteiger partial charge in [-0.25, -0.2) is 0 Å². The van der Waals surface area contributed by atoms with Crippen molar-refractivity contribution in [1.82, 2.24) is 9.97 Å². The standard InChI is InChI=1S/C14H18N2O2/c1-10(9-13(17)18-2)14(11-5-3-7-15-11)12-6-4-8-16-12/h3-8,10,14-16H,9H2,1-2H3. The van der Waals surface area contributed by atoms with Crippen molar-refractivity contribution in [2.24, 2.45) is 5.92 Å². The van der Waals surface area contributed by atoms with Gasteiger partial charge in [0.15, 0.2) is 0 Å². The number of carbonyl (C=O) groups excluding carboxylic acids is 1. The maximum Gasteiger partial charge on any atom is 0.305 e. The largest absolute Gasteiger partial charge is 0.469 e. The summed E-state index contributed by atoms with van der Waals surface area (Å²) in [5, 5.41) is 0. The smallest absolute Gasteiger partial charge is 0.305 e. The molecule has 0 aliphatic heterocycles. The lowest BCUT2D eigenvalue weighted by Crippen LogP contribution is -2.17. The summed E-state index contributed by atoms with van der Waals surface area (Å²) >= 11 is 0. The molecular formula is C14H18N2O2. The number of nitrogens with one attached hydrogen (secondary N) is 2. The Kier molecular flexibility index (Phi) is 3.87. The van der Waals surface area contributed by atoms with E-state index in [9.17, 15) is 4.79 Å². The number of rotatable bonds is 5. The van der Waals surface area contributed by atoms with E-state index in [2.05, 4.69) is 16.9 Å². The highest BCUT2D eigenvalue weighted by molar-refractivity contribution is 5.69. The lowest BCUT2D eigenvalue weighted by atomic mass is 9.86. The number of hydrogen-bond donors (Lipinski definition) is 2. The molecule has 2 aromatic heterocycles. The molecule has 96 valence electrons. The van der Waals surface area contributed by atoms with Crippen LogP contribution in [-0.2, 0) is 9.53 Å². The average Bonchev–Trinajstić information content (AvgIpc) is 3.02. The summed E-state index contributed by atoms with van der Waals surface area (Å²) in [4.78, 5) is 17.9. The van der Waals surface area contributed by atoms with Gasteiger partial charge < -0.3 is 14.7 Å². The first kappa shape index (κ1) is 12.5. The van der Waals surface area contributed by atoms with Gasteiger partial charge in [-0.3, -0.25) is 4.79 Å². The van der Waals surface area contributed by atoms with Gasteiger partial charge in [-0.15, -0.1) is 0 Å². The van der Waals surface area contributed by atoms with Crippen molar-refractivity contribution in [2.45, 2.75) is 19.3 Å². The Morgan fingerprint density at radius 2 is 1.78 bits per heavy atom. The zero-order valence-electron chi connectivity index (χ0n) is 10.6. The van der Waals surface area contributed by atoms with E-state index < -0.39 is 0 Å². The molecular weight excluding hydrogens is 228 g/mol. The molecule has 0 radical (unpaired) electrons. The molecule has 0 aliphatic carbocycles. The second-order valence-corrected chi connectivity index (χ2v) is 4.49. The second-order valence-electron chi connectivity index (χ2n) is 4.49. The number of esters is 1. The molecule has 0 aliphatic rings. The van der Waals surface area contributed by atoms with Crippen LogP contribution in [0.3, 0.4) is 0 Å². The number of hydrogen-bond acceptors (Lipinski definition) is 2. The fourth-order valence-electron chi connectivity index (χ4n) is 2.32. The van der Waals surface area contributed by atoms with Gasteiger partial charge in [0.25, 0.3) is 0 Å². The highest BCUT2D eigenvalue weighted by atomic mass is 16.5. The van der Waals surface area contributed by atoms with E-state index in [1.54, 1.807) is 0 Å². The third kappa shape index (κ3) is 2.64. The lowest BCUT2D eigenvalue weighted by molar-refractivity contribution is -0.141. The molecule has 2 rings (SSSR count). The minimum atomic E-state index is -0.175. The molecule has 0 fully saturated rings. The zero-order chi connectivity index (χ0) is 13.0. The summed E-state index contributed by atoms with van der Waals surface area (Å²) in [6, 6.07) is 8.02. The van der Waals surface area contributed by atoms with Crippen molar-refractivity contribution in [1.29, 1.82) is 0 Å². The molecule has 1 atom stereocenters. The van der Waals surface area contributed by atoms with E-state index in [0.717, 1.165) is 11.4 Å². The van der Waals surface area contributed by atoms with Gasteiger partial charge in [-0.05, 0) is 30.2 Å². The molecule has 1 unspecified atom stereocenters. The Balaban J connectivity index is 2.23. The molecule has 2 N–H and O–H groups in total. The number of methoxy groups -OCH3 is 1. The van der Waals surface area contributed by atoms with Crippen LogP contribution in [0.5, 0.6) is 0 Å². The summed E-state index contributed by atoms with van der Waals surface area (Å²) in [6.07, 6.45) is 4.20. The van der Waals surface area contributed by atoms with Crippen LogP contribution in [0.15, 0.2) is 36.7 Å². The quantitative estimate of drug-likeness (QED) is 0.797. The first-order valence-electron chi connectivity index (χ1n) is 6.05. The van der Waals surface area contributed by atoms with Crippen LogP contribution < -0.4 is 0 Å². The molecule has 0 amide bonds. The molecule has 4 heteroatoms. The summed E-state index contributed by atoms with van der Waals surface area (Å²) in [5.74, 6) is 0.134. The zero-order valence-corrected chi connectivity index (χ0v) is 10.6. The maximum atomic E-state index is 11.4. The summed E-state index contributed by atoms with van der Waals surface area (Å²) in [5.41, 5.74) is 2.21. The lowest BCUT2D eigenvalue weighted by Gasteiger charge is -2.21. The molecule has 2 aromatic rings. The SMILES string of the molecule is COC(=O)CC(C)C(c1ccc[nH]1)c1ccc[nH]1. The van der Waals surface area contributed by atoms with Crippen LogP contribution in [0.2, 0.25) is 0 Å². The summed E-state index contributed by atoms with van der Waals surface area (Å²) in [7, 11) is 1.42. The fraction of sp³-hybridized carbons (Fsp3) is 0.357. The van der Waals surface area contributed by atoms with Gasteiger partial charge >= 0.3 is 5.97 Å². The average molecular weight is 246 g/mol. The van der Waals surface area contributed by atoms with E-state index in [0.29, 0.717) is 6.42 Å². The van der Waals surface area contributed by atoms with E-state index in [1.807, 2.05) is 36.7 Å². The first-order valence-corrected chi connectivity index (χ1v) is 6.05. The van der Waals surface area contributed by atoms with Crippen LogP contribution in [0.1, 0.15) is 30.7 Å². The van der Waals surface area contributed by atoms with Crippen molar-refractivity contribution >= 4 is 5.97 Å². The van der Waals surface area contributed by atoms with E-state index in [-0.39, 0.29) is 17.8 Å². The van der Waals surface area contributed by atoms with Gasteiger partial charge in [0, 0.05) is 36.1 Å². The summed E-state index contributed by atoms with van der Waals surface area (Å²) in [6.45, 7) is 2.06. The number of aromatic nitrogens is 2. The first-order chi connectivity index (χ1) is 8.72. The number of H-pyrrole nitrogens is 2. The van der Waals surface area contributed by atoms with Crippen LogP contribution in [0, 0.1) is 5.92 Å². The highest BCUT2D eigenvalue weighted by Gasteiger charge is 2.25. The highest BCUT2D eigenvalue weighted by Crippen LogP contribution is 2.32. The van der Waals surface area contributed by atoms with Crippen LogP contribution in [0.4, 0.5) is 0 Å². The normalized spacial score (nSPS) is 12.6.